The fourth-order valence-corrected chi connectivity index (χ4v) is 0.794. The number of carboxylic acids is 1. The van der Waals surface area contributed by atoms with Crippen molar-refractivity contribution >= 4 is 11.8 Å². The molecular weight excluding hydrogens is 158 g/mol. The smallest absolute Gasteiger partial charge is 0.354 e. The van der Waals surface area contributed by atoms with Gasteiger partial charge >= 0.3 is 5.97 Å². The summed E-state index contributed by atoms with van der Waals surface area (Å²) in [7, 11) is 0. The Morgan fingerprint density at radius 3 is 2.83 bits per heavy atom. The number of hydrazine groups is 1. The van der Waals surface area contributed by atoms with E-state index >= 15 is 0 Å². The molecule has 12 heavy (non-hydrogen) atoms. The van der Waals surface area contributed by atoms with Crippen molar-refractivity contribution in [3.05, 3.63) is 23.4 Å². The number of nitrogens with one attached hydrogen (secondary N) is 1. The van der Waals surface area contributed by atoms with Crippen molar-refractivity contribution in [2.24, 2.45) is 5.84 Å². The standard InChI is InChI=1S/C7H9N3O2/c1-4-2-3-5(7(11)12)9-6(4)10-8/h2-3H,8H2,1H3,(H,9,10)(H,11,12). The lowest BCUT2D eigenvalue weighted by atomic mass is 10.2. The normalized spacial score (nSPS) is 9.50. The Balaban J connectivity index is 3.13. The Bertz CT molecular complexity index is 312. The first-order chi connectivity index (χ1) is 5.65. The van der Waals surface area contributed by atoms with E-state index in [1.54, 1.807) is 13.0 Å². The van der Waals surface area contributed by atoms with E-state index in [0.717, 1.165) is 5.56 Å². The summed E-state index contributed by atoms with van der Waals surface area (Å²) >= 11 is 0. The first-order valence-electron chi connectivity index (χ1n) is 3.32. The summed E-state index contributed by atoms with van der Waals surface area (Å²) in [6, 6.07) is 3.07. The van der Waals surface area contributed by atoms with Crippen molar-refractivity contribution < 1.29 is 9.90 Å². The van der Waals surface area contributed by atoms with Crippen LogP contribution < -0.4 is 11.3 Å². The molecule has 1 rings (SSSR count). The average Bonchev–Trinajstić information content (AvgIpc) is 2.05. The molecule has 0 radical (unpaired) electrons. The number of aromatic carboxylic acids is 1. The number of carboxylic acid groups (broad SMARTS) is 1. The van der Waals surface area contributed by atoms with Gasteiger partial charge in [0.15, 0.2) is 5.69 Å². The molecule has 0 aliphatic rings. The molecule has 4 N–H and O–H groups in total. The van der Waals surface area contributed by atoms with Crippen LogP contribution in [0.3, 0.4) is 0 Å². The zero-order valence-corrected chi connectivity index (χ0v) is 6.53. The van der Waals surface area contributed by atoms with Crippen LogP contribution in [0.1, 0.15) is 16.1 Å². The van der Waals surface area contributed by atoms with Crippen LogP contribution in [0.25, 0.3) is 0 Å². The van der Waals surface area contributed by atoms with Crippen LogP contribution in [0, 0.1) is 6.92 Å². The van der Waals surface area contributed by atoms with Gasteiger partial charge in [0.05, 0.1) is 0 Å². The van der Waals surface area contributed by atoms with Gasteiger partial charge in [-0.25, -0.2) is 15.6 Å². The number of aromatic nitrogens is 1. The maximum absolute atomic E-state index is 10.4. The molecule has 0 amide bonds. The van der Waals surface area contributed by atoms with E-state index in [4.69, 9.17) is 10.9 Å². The Morgan fingerprint density at radius 1 is 1.67 bits per heavy atom. The molecular formula is C7H9N3O2. The van der Waals surface area contributed by atoms with E-state index in [1.807, 2.05) is 0 Å². The molecule has 0 unspecified atom stereocenters. The molecule has 0 saturated heterocycles. The van der Waals surface area contributed by atoms with Crippen molar-refractivity contribution in [1.29, 1.82) is 0 Å². The van der Waals surface area contributed by atoms with Gasteiger partial charge in [0.2, 0.25) is 0 Å². The third-order valence-corrected chi connectivity index (χ3v) is 1.45. The molecule has 0 saturated carbocycles. The number of rotatable bonds is 2. The van der Waals surface area contributed by atoms with Crippen molar-refractivity contribution in [1.82, 2.24) is 4.98 Å². The van der Waals surface area contributed by atoms with Crippen molar-refractivity contribution in [2.75, 3.05) is 5.43 Å². The second-order valence-electron chi connectivity index (χ2n) is 2.31. The van der Waals surface area contributed by atoms with Gasteiger partial charge in [-0.1, -0.05) is 6.07 Å². The number of aryl methyl sites for hydroxylation is 1. The highest BCUT2D eigenvalue weighted by Gasteiger charge is 2.06. The molecule has 1 aromatic rings. The van der Waals surface area contributed by atoms with Crippen LogP contribution in [0.4, 0.5) is 5.82 Å². The molecule has 0 spiro atoms. The van der Waals surface area contributed by atoms with Gasteiger partial charge in [-0.15, -0.1) is 0 Å². The lowest BCUT2D eigenvalue weighted by Crippen LogP contribution is -2.12. The Kier molecular flexibility index (Phi) is 2.25. The monoisotopic (exact) mass is 167 g/mol. The maximum atomic E-state index is 10.4. The number of anilines is 1. The van der Waals surface area contributed by atoms with E-state index in [9.17, 15) is 4.79 Å². The first-order valence-corrected chi connectivity index (χ1v) is 3.32. The number of nitrogens with two attached hydrogens (primary N) is 1. The molecule has 0 atom stereocenters. The van der Waals surface area contributed by atoms with Crippen molar-refractivity contribution in [3.8, 4) is 0 Å². The highest BCUT2D eigenvalue weighted by Crippen LogP contribution is 2.10. The summed E-state index contributed by atoms with van der Waals surface area (Å²) in [6.45, 7) is 1.79. The second kappa shape index (κ2) is 3.19. The third-order valence-electron chi connectivity index (χ3n) is 1.45. The van der Waals surface area contributed by atoms with E-state index in [0.29, 0.717) is 5.82 Å². The summed E-state index contributed by atoms with van der Waals surface area (Å²) in [6.07, 6.45) is 0. The van der Waals surface area contributed by atoms with Gasteiger partial charge in [0.1, 0.15) is 5.82 Å². The van der Waals surface area contributed by atoms with Gasteiger partial charge < -0.3 is 10.5 Å². The van der Waals surface area contributed by atoms with Crippen LogP contribution in [-0.2, 0) is 0 Å². The van der Waals surface area contributed by atoms with E-state index in [2.05, 4.69) is 10.4 Å². The highest BCUT2D eigenvalue weighted by atomic mass is 16.4. The number of carbonyl (C=O) groups is 1. The largest absolute Gasteiger partial charge is 0.477 e. The number of nitrogen functional groups attached to an aromatic ring is 1. The second-order valence-corrected chi connectivity index (χ2v) is 2.31. The predicted molar refractivity (Wildman–Crippen MR) is 43.7 cm³/mol. The van der Waals surface area contributed by atoms with Crippen molar-refractivity contribution in [3.63, 3.8) is 0 Å². The zero-order valence-electron chi connectivity index (χ0n) is 6.53. The van der Waals surface area contributed by atoms with Gasteiger partial charge in [-0.05, 0) is 18.6 Å². The number of hydrogen-bond donors (Lipinski definition) is 3. The van der Waals surface area contributed by atoms with Crippen LogP contribution in [-0.4, -0.2) is 16.1 Å². The van der Waals surface area contributed by atoms with E-state index < -0.39 is 5.97 Å². The number of hydrogen-bond acceptors (Lipinski definition) is 4. The fraction of sp³-hybridized carbons (Fsp3) is 0.143. The van der Waals surface area contributed by atoms with Crippen LogP contribution in [0.5, 0.6) is 0 Å². The molecule has 0 aliphatic carbocycles. The molecule has 64 valence electrons. The lowest BCUT2D eigenvalue weighted by Gasteiger charge is -2.03. The van der Waals surface area contributed by atoms with Gasteiger partial charge in [0, 0.05) is 0 Å². The fourth-order valence-electron chi connectivity index (χ4n) is 0.794. The molecule has 0 aliphatic heterocycles. The zero-order chi connectivity index (χ0) is 9.14. The Morgan fingerprint density at radius 2 is 2.33 bits per heavy atom. The van der Waals surface area contributed by atoms with E-state index in [-0.39, 0.29) is 5.69 Å². The van der Waals surface area contributed by atoms with Gasteiger partial charge in [-0.3, -0.25) is 0 Å². The average molecular weight is 167 g/mol. The quantitative estimate of drug-likeness (QED) is 0.437. The molecule has 0 bridgehead atoms. The predicted octanol–water partition coefficient (Wildman–Crippen LogP) is 0.374. The minimum Gasteiger partial charge on any atom is -0.477 e. The topological polar surface area (TPSA) is 88.2 Å². The molecule has 1 aromatic heterocycles. The minimum atomic E-state index is -1.06. The third kappa shape index (κ3) is 1.51. The molecule has 0 fully saturated rings. The Labute approximate surface area is 69.2 Å². The van der Waals surface area contributed by atoms with E-state index in [1.165, 1.54) is 6.07 Å². The van der Waals surface area contributed by atoms with Gasteiger partial charge in [-0.2, -0.15) is 0 Å². The maximum Gasteiger partial charge on any atom is 0.354 e. The van der Waals surface area contributed by atoms with Gasteiger partial charge in [0.25, 0.3) is 0 Å². The summed E-state index contributed by atoms with van der Waals surface area (Å²) in [5.41, 5.74) is 3.10. The molecule has 5 nitrogen and oxygen atoms in total. The molecule has 0 aromatic carbocycles. The Hall–Kier alpha value is -1.62. The van der Waals surface area contributed by atoms with Crippen molar-refractivity contribution in [2.45, 2.75) is 6.92 Å². The minimum absolute atomic E-state index is 0.0199. The van der Waals surface area contributed by atoms with Crippen LogP contribution >= 0.6 is 0 Å². The van der Waals surface area contributed by atoms with Crippen LogP contribution in [0.2, 0.25) is 0 Å². The summed E-state index contributed by atoms with van der Waals surface area (Å²) in [5.74, 6) is 4.43. The number of nitrogens with zero attached hydrogens (tertiary/aromatic N) is 1. The SMILES string of the molecule is Cc1ccc(C(=O)O)nc1NN. The summed E-state index contributed by atoms with van der Waals surface area (Å²) in [4.78, 5) is 14.2. The lowest BCUT2D eigenvalue weighted by molar-refractivity contribution is 0.0690. The summed E-state index contributed by atoms with van der Waals surface area (Å²) < 4.78 is 0. The number of pyridine rings is 1. The molecule has 1 heterocycles. The van der Waals surface area contributed by atoms with Crippen LogP contribution in [0.15, 0.2) is 12.1 Å². The molecule has 5 heteroatoms. The first kappa shape index (κ1) is 8.48. The highest BCUT2D eigenvalue weighted by molar-refractivity contribution is 5.85. The summed E-state index contributed by atoms with van der Waals surface area (Å²) in [5, 5.41) is 8.56.